The van der Waals surface area contributed by atoms with Gasteiger partial charge in [-0.15, -0.1) is 22.7 Å². The van der Waals surface area contributed by atoms with Crippen LogP contribution in [0.2, 0.25) is 0 Å². The summed E-state index contributed by atoms with van der Waals surface area (Å²) < 4.78 is 5.50. The quantitative estimate of drug-likeness (QED) is 0.536. The molecular formula is C23H26N2O2S2. The van der Waals surface area contributed by atoms with Crippen LogP contribution in [0.25, 0.3) is 0 Å². The van der Waals surface area contributed by atoms with Crippen molar-refractivity contribution in [2.75, 3.05) is 25.5 Å². The van der Waals surface area contributed by atoms with Crippen molar-refractivity contribution in [3.05, 3.63) is 68.2 Å². The smallest absolute Gasteiger partial charge is 0.266 e. The third kappa shape index (κ3) is 4.10. The average Bonchev–Trinajstić information content (AvgIpc) is 3.48. The molecule has 1 fully saturated rings. The molecule has 1 unspecified atom stereocenters. The summed E-state index contributed by atoms with van der Waals surface area (Å²) in [5.41, 5.74) is 3.68. The van der Waals surface area contributed by atoms with Gasteiger partial charge in [-0.2, -0.15) is 0 Å². The van der Waals surface area contributed by atoms with Crippen molar-refractivity contribution in [1.29, 1.82) is 0 Å². The second-order valence-electron chi connectivity index (χ2n) is 7.38. The van der Waals surface area contributed by atoms with Gasteiger partial charge in [-0.3, -0.25) is 9.69 Å². The zero-order chi connectivity index (χ0) is 20.4. The summed E-state index contributed by atoms with van der Waals surface area (Å²) >= 11 is 3.14. The topological polar surface area (TPSA) is 41.6 Å². The Morgan fingerprint density at radius 2 is 1.97 bits per heavy atom. The summed E-state index contributed by atoms with van der Waals surface area (Å²) in [4.78, 5) is 17.3. The number of benzene rings is 1. The molecule has 0 spiro atoms. The van der Waals surface area contributed by atoms with Crippen molar-refractivity contribution in [1.82, 2.24) is 4.90 Å². The first kappa shape index (κ1) is 20.1. The van der Waals surface area contributed by atoms with Gasteiger partial charge in [0.25, 0.3) is 5.91 Å². The van der Waals surface area contributed by atoms with Gasteiger partial charge in [-0.1, -0.05) is 18.2 Å². The number of nitrogens with zero attached hydrogens (tertiary/aromatic N) is 1. The molecule has 152 valence electrons. The van der Waals surface area contributed by atoms with Crippen LogP contribution in [0.4, 0.5) is 5.00 Å². The average molecular weight is 427 g/mol. The summed E-state index contributed by atoms with van der Waals surface area (Å²) in [6.07, 6.45) is 2.42. The molecule has 1 aliphatic heterocycles. The van der Waals surface area contributed by atoms with Gasteiger partial charge in [0, 0.05) is 10.4 Å². The lowest BCUT2D eigenvalue weighted by atomic mass is 9.95. The van der Waals surface area contributed by atoms with Crippen molar-refractivity contribution >= 4 is 33.6 Å². The van der Waals surface area contributed by atoms with Crippen molar-refractivity contribution in [3.63, 3.8) is 0 Å². The van der Waals surface area contributed by atoms with Gasteiger partial charge in [0.15, 0.2) is 0 Å². The summed E-state index contributed by atoms with van der Waals surface area (Å²) in [6, 6.07) is 12.2. The molecule has 1 saturated heterocycles. The Balaban J connectivity index is 1.78. The molecule has 0 radical (unpaired) electrons. The minimum Gasteiger partial charge on any atom is -0.497 e. The maximum absolute atomic E-state index is 12.8. The molecule has 1 N–H and O–H groups in total. The Morgan fingerprint density at radius 1 is 1.17 bits per heavy atom. The van der Waals surface area contributed by atoms with Crippen molar-refractivity contribution < 1.29 is 9.53 Å². The second kappa shape index (κ2) is 8.69. The monoisotopic (exact) mass is 426 g/mol. The highest BCUT2D eigenvalue weighted by molar-refractivity contribution is 7.17. The molecule has 2 aromatic heterocycles. The minimum atomic E-state index is -0.0340. The number of carbonyl (C=O) groups is 1. The molecule has 0 bridgehead atoms. The number of ether oxygens (including phenoxy) is 1. The third-order valence-electron chi connectivity index (χ3n) is 5.59. The fraction of sp³-hybridized carbons (Fsp3) is 0.348. The van der Waals surface area contributed by atoms with E-state index in [-0.39, 0.29) is 11.9 Å². The Bertz CT molecular complexity index is 988. The Labute approximate surface area is 180 Å². The lowest BCUT2D eigenvalue weighted by Crippen LogP contribution is -2.28. The fourth-order valence-electron chi connectivity index (χ4n) is 4.01. The van der Waals surface area contributed by atoms with Crippen LogP contribution in [0.1, 0.15) is 50.1 Å². The normalized spacial score (nSPS) is 15.4. The number of aryl methyl sites for hydroxylation is 1. The largest absolute Gasteiger partial charge is 0.497 e. The number of amides is 1. The van der Waals surface area contributed by atoms with E-state index >= 15 is 0 Å². The molecule has 3 aromatic rings. The number of thiophene rings is 2. The van der Waals surface area contributed by atoms with E-state index in [0.717, 1.165) is 28.7 Å². The molecule has 1 aliphatic rings. The van der Waals surface area contributed by atoms with Crippen LogP contribution >= 0.6 is 22.7 Å². The number of likely N-dealkylation sites (tertiary alicyclic amines) is 1. The van der Waals surface area contributed by atoms with Gasteiger partial charge in [-0.05, 0) is 74.5 Å². The van der Waals surface area contributed by atoms with Gasteiger partial charge >= 0.3 is 0 Å². The van der Waals surface area contributed by atoms with Crippen LogP contribution in [0, 0.1) is 13.8 Å². The first-order chi connectivity index (χ1) is 14.1. The Hall–Kier alpha value is -2.15. The van der Waals surface area contributed by atoms with Crippen LogP contribution in [-0.4, -0.2) is 31.0 Å². The molecular weight excluding hydrogens is 400 g/mol. The van der Waals surface area contributed by atoms with E-state index in [1.807, 2.05) is 23.6 Å². The second-order valence-corrected chi connectivity index (χ2v) is 9.55. The molecule has 4 nitrogen and oxygen atoms in total. The number of methoxy groups -OCH3 is 1. The number of carbonyl (C=O) groups excluding carboxylic acids is 1. The maximum atomic E-state index is 12.8. The van der Waals surface area contributed by atoms with Gasteiger partial charge in [0.2, 0.25) is 0 Å². The van der Waals surface area contributed by atoms with Gasteiger partial charge in [0.1, 0.15) is 10.8 Å². The summed E-state index contributed by atoms with van der Waals surface area (Å²) in [7, 11) is 1.71. The van der Waals surface area contributed by atoms with E-state index < -0.39 is 0 Å². The number of rotatable bonds is 6. The molecule has 29 heavy (non-hydrogen) atoms. The van der Waals surface area contributed by atoms with Gasteiger partial charge in [0.05, 0.1) is 18.0 Å². The highest BCUT2D eigenvalue weighted by Gasteiger charge is 2.31. The Kier molecular flexibility index (Phi) is 6.04. The van der Waals surface area contributed by atoms with Crippen LogP contribution in [0.3, 0.4) is 0 Å². The van der Waals surface area contributed by atoms with E-state index in [9.17, 15) is 4.79 Å². The molecule has 1 aromatic carbocycles. The van der Waals surface area contributed by atoms with Crippen LogP contribution in [0.15, 0.2) is 41.8 Å². The van der Waals surface area contributed by atoms with E-state index in [0.29, 0.717) is 0 Å². The lowest BCUT2D eigenvalue weighted by molar-refractivity contribution is 0.103. The lowest BCUT2D eigenvalue weighted by Gasteiger charge is -2.30. The fourth-order valence-corrected chi connectivity index (χ4v) is 5.72. The third-order valence-corrected chi connectivity index (χ3v) is 7.60. The summed E-state index contributed by atoms with van der Waals surface area (Å²) in [5, 5.41) is 6.10. The van der Waals surface area contributed by atoms with Crippen molar-refractivity contribution in [2.24, 2.45) is 0 Å². The van der Waals surface area contributed by atoms with Crippen molar-refractivity contribution in [3.8, 4) is 5.75 Å². The molecule has 0 saturated carbocycles. The number of hydrogen-bond donors (Lipinski definition) is 1. The van der Waals surface area contributed by atoms with E-state index in [4.69, 9.17) is 4.74 Å². The van der Waals surface area contributed by atoms with Crippen molar-refractivity contribution in [2.45, 2.75) is 32.7 Å². The van der Waals surface area contributed by atoms with Crippen LogP contribution in [-0.2, 0) is 0 Å². The maximum Gasteiger partial charge on any atom is 0.266 e. The number of hydrogen-bond acceptors (Lipinski definition) is 5. The van der Waals surface area contributed by atoms with E-state index in [1.54, 1.807) is 18.4 Å². The predicted molar refractivity (Wildman–Crippen MR) is 122 cm³/mol. The highest BCUT2D eigenvalue weighted by Crippen LogP contribution is 2.43. The molecule has 4 rings (SSSR count). The van der Waals surface area contributed by atoms with Gasteiger partial charge in [-0.25, -0.2) is 0 Å². The van der Waals surface area contributed by atoms with Gasteiger partial charge < -0.3 is 10.1 Å². The molecule has 6 heteroatoms. The van der Waals surface area contributed by atoms with E-state index in [1.165, 1.54) is 45.7 Å². The SMILES string of the molecule is COc1cccc(C(c2c(NC(=O)c3cccs3)sc(C)c2C)N2CCCC2)c1. The highest BCUT2D eigenvalue weighted by atomic mass is 32.1. The number of anilines is 1. The molecule has 0 aliphatic carbocycles. The number of nitrogens with one attached hydrogen (secondary N) is 1. The zero-order valence-corrected chi connectivity index (χ0v) is 18.7. The molecule has 1 atom stereocenters. The molecule has 3 heterocycles. The molecule has 1 amide bonds. The van der Waals surface area contributed by atoms with Crippen LogP contribution < -0.4 is 10.1 Å². The predicted octanol–water partition coefficient (Wildman–Crippen LogP) is 5.87. The summed E-state index contributed by atoms with van der Waals surface area (Å²) in [6.45, 7) is 6.44. The standard InChI is InChI=1S/C23H26N2O2S2/c1-15-16(2)29-23(24-22(26)19-10-7-13-28-19)20(15)21(25-11-4-5-12-25)17-8-6-9-18(14-17)27-3/h6-10,13-14,21H,4-5,11-12H2,1-3H3,(H,24,26). The van der Waals surface area contributed by atoms with E-state index in [2.05, 4.69) is 42.3 Å². The minimum absolute atomic E-state index is 0.0340. The van der Waals surface area contributed by atoms with Crippen LogP contribution in [0.5, 0.6) is 5.75 Å². The zero-order valence-electron chi connectivity index (χ0n) is 17.0. The first-order valence-electron chi connectivity index (χ1n) is 9.91. The summed E-state index contributed by atoms with van der Waals surface area (Å²) in [5.74, 6) is 0.828. The first-order valence-corrected chi connectivity index (χ1v) is 11.6. The Morgan fingerprint density at radius 3 is 2.66 bits per heavy atom.